The van der Waals surface area contributed by atoms with Gasteiger partial charge in [-0.15, -0.1) is 0 Å². The van der Waals surface area contributed by atoms with Crippen LogP contribution in [0, 0.1) is 5.92 Å². The largest absolute Gasteiger partial charge is 0.497 e. The summed E-state index contributed by atoms with van der Waals surface area (Å²) in [4.78, 5) is 9.41. The van der Waals surface area contributed by atoms with Crippen LogP contribution in [0.2, 0.25) is 0 Å². The number of rotatable bonds is 14. The van der Waals surface area contributed by atoms with Crippen molar-refractivity contribution >= 4 is 34.3 Å². The first kappa shape index (κ1) is 36.2. The van der Waals surface area contributed by atoms with E-state index in [0.29, 0.717) is 23.0 Å². The zero-order valence-electron chi connectivity index (χ0n) is 30.4. The van der Waals surface area contributed by atoms with E-state index in [0.717, 1.165) is 44.8 Å². The molecule has 53 heavy (non-hydrogen) atoms. The average molecular weight is 699 g/mol. The molecule has 1 atom stereocenters. The van der Waals surface area contributed by atoms with Gasteiger partial charge in [-0.25, -0.2) is 9.98 Å². The summed E-state index contributed by atoms with van der Waals surface area (Å²) in [5, 5.41) is 0. The van der Waals surface area contributed by atoms with E-state index in [1.54, 1.807) is 14.2 Å². The van der Waals surface area contributed by atoms with E-state index in [1.165, 1.54) is 0 Å². The van der Waals surface area contributed by atoms with E-state index in [-0.39, 0.29) is 18.6 Å². The summed E-state index contributed by atoms with van der Waals surface area (Å²) in [5.41, 5.74) is 6.65. The molecule has 1 unspecified atom stereocenters. The van der Waals surface area contributed by atoms with Crippen LogP contribution in [0.1, 0.15) is 36.1 Å². The number of benzene rings is 6. The zero-order valence-corrected chi connectivity index (χ0v) is 30.4. The molecule has 0 N–H and O–H groups in total. The maximum absolute atomic E-state index is 6.87. The minimum absolute atomic E-state index is 0.0950. The van der Waals surface area contributed by atoms with Crippen LogP contribution in [0.3, 0.4) is 0 Å². The molecule has 0 saturated heterocycles. The molecule has 0 saturated carbocycles. The van der Waals surface area contributed by atoms with Gasteiger partial charge in [0.25, 0.3) is 0 Å². The second-order valence-electron chi connectivity index (χ2n) is 12.5. The third kappa shape index (κ3) is 9.61. The summed E-state index contributed by atoms with van der Waals surface area (Å²) < 4.78 is 24.9. The second-order valence-corrected chi connectivity index (χ2v) is 12.5. The first-order chi connectivity index (χ1) is 26.0. The van der Waals surface area contributed by atoms with E-state index in [2.05, 4.69) is 25.6 Å². The second kappa shape index (κ2) is 18.1. The molecule has 0 amide bonds. The molecule has 0 aliphatic heterocycles. The summed E-state index contributed by atoms with van der Waals surface area (Å²) in [6.45, 7) is 4.51. The van der Waals surface area contributed by atoms with Crippen molar-refractivity contribution in [1.82, 2.24) is 0 Å². The Hall–Kier alpha value is -6.58. The number of hydrogen-bond acceptors (Lipinski definition) is 6. The predicted octanol–water partition coefficient (Wildman–Crippen LogP) is 11.1. The van der Waals surface area contributed by atoms with Crippen LogP contribution in [0.5, 0.6) is 23.0 Å². The maximum Gasteiger partial charge on any atom is 0.135 e. The van der Waals surface area contributed by atoms with Crippen LogP contribution in [0.25, 0.3) is 11.1 Å². The van der Waals surface area contributed by atoms with E-state index in [9.17, 15) is 0 Å². The van der Waals surface area contributed by atoms with Gasteiger partial charge in [0, 0.05) is 11.1 Å². The molecule has 0 fully saturated rings. The predicted molar refractivity (Wildman–Crippen MR) is 216 cm³/mol. The molecule has 6 aromatic rings. The molecule has 0 radical (unpaired) electrons. The zero-order chi connectivity index (χ0) is 36.8. The number of hydrogen-bond donors (Lipinski definition) is 0. The summed E-state index contributed by atoms with van der Waals surface area (Å²) >= 11 is 0. The van der Waals surface area contributed by atoms with Gasteiger partial charge in [0.05, 0.1) is 36.7 Å². The highest BCUT2D eigenvalue weighted by molar-refractivity contribution is 6.02. The molecule has 0 aliphatic rings. The number of nitrogens with zero attached hydrogens (tertiary/aromatic N) is 2. The van der Waals surface area contributed by atoms with Gasteiger partial charge in [-0.3, -0.25) is 0 Å². The number of ether oxygens (including phenoxy) is 4. The van der Waals surface area contributed by atoms with Crippen molar-refractivity contribution in [3.05, 3.63) is 180 Å². The monoisotopic (exact) mass is 698 g/mol. The van der Waals surface area contributed by atoms with Crippen molar-refractivity contribution in [3.8, 4) is 23.0 Å². The SMILES string of the molecule is COc1ccc(OCC(Oc2ccc(OC)cc2C(=C=Nc2ccccc2)c2ccccc2)C(C)C)c(C(=C=Nc2ccccc2)c2ccccc2)c1. The number of para-hydroxylation sites is 2. The van der Waals surface area contributed by atoms with Crippen molar-refractivity contribution in [2.45, 2.75) is 20.0 Å². The Labute approximate surface area is 312 Å². The fourth-order valence-electron chi connectivity index (χ4n) is 5.61. The van der Waals surface area contributed by atoms with Gasteiger partial charge >= 0.3 is 0 Å². The topological polar surface area (TPSA) is 61.6 Å². The van der Waals surface area contributed by atoms with Gasteiger partial charge < -0.3 is 18.9 Å². The van der Waals surface area contributed by atoms with Crippen LogP contribution < -0.4 is 18.9 Å². The lowest BCUT2D eigenvalue weighted by Gasteiger charge is -2.25. The van der Waals surface area contributed by atoms with E-state index >= 15 is 0 Å². The van der Waals surface area contributed by atoms with Crippen molar-refractivity contribution in [2.24, 2.45) is 15.9 Å². The Morgan fingerprint density at radius 1 is 0.528 bits per heavy atom. The van der Waals surface area contributed by atoms with Crippen LogP contribution in [-0.4, -0.2) is 38.7 Å². The quantitative estimate of drug-likeness (QED) is 0.106. The third-order valence-corrected chi connectivity index (χ3v) is 8.57. The molecule has 6 nitrogen and oxygen atoms in total. The molecule has 0 heterocycles. The summed E-state index contributed by atoms with van der Waals surface area (Å²) in [7, 11) is 3.31. The van der Waals surface area contributed by atoms with Gasteiger partial charge in [-0.05, 0) is 89.4 Å². The Balaban J connectivity index is 1.38. The van der Waals surface area contributed by atoms with Gasteiger partial charge in [0.2, 0.25) is 0 Å². The number of aliphatic imine (C=N–C) groups is 2. The minimum Gasteiger partial charge on any atom is -0.497 e. The summed E-state index contributed by atoms with van der Waals surface area (Å²) in [6, 6.07) is 51.3. The Morgan fingerprint density at radius 3 is 1.38 bits per heavy atom. The first-order valence-corrected chi connectivity index (χ1v) is 17.6. The molecule has 0 bridgehead atoms. The Bertz CT molecular complexity index is 2220. The molecule has 6 heteroatoms. The van der Waals surface area contributed by atoms with Crippen LogP contribution >= 0.6 is 0 Å². The fraction of sp³-hybridized carbons (Fsp3) is 0.149. The lowest BCUT2D eigenvalue weighted by atomic mass is 9.97. The Kier molecular flexibility index (Phi) is 12.4. The molecule has 0 aromatic heterocycles. The summed E-state index contributed by atoms with van der Waals surface area (Å²) in [6.07, 6.45) is -0.331. The van der Waals surface area contributed by atoms with Gasteiger partial charge in [0.15, 0.2) is 0 Å². The molecule has 0 aliphatic carbocycles. The first-order valence-electron chi connectivity index (χ1n) is 17.6. The standard InChI is InChI=1S/C47H42N2O4/c1-34(2)47(53-46-28-26-40(51-4)30-42(46)44(36-19-11-6-12-20-36)32-49-38-23-15-8-16-24-38)33-52-45-27-25-39(50-3)29-41(45)43(35-17-9-5-10-18-35)31-48-37-21-13-7-14-22-37/h5-30,34,47H,33H2,1-4H3. The van der Waals surface area contributed by atoms with E-state index in [1.807, 2.05) is 158 Å². The molecule has 6 aromatic carbocycles. The van der Waals surface area contributed by atoms with Gasteiger partial charge in [0.1, 0.15) is 35.7 Å². The molecular formula is C47H42N2O4. The van der Waals surface area contributed by atoms with Crippen molar-refractivity contribution in [3.63, 3.8) is 0 Å². The fourth-order valence-corrected chi connectivity index (χ4v) is 5.61. The van der Waals surface area contributed by atoms with Crippen LogP contribution in [0.4, 0.5) is 11.4 Å². The lowest BCUT2D eigenvalue weighted by Crippen LogP contribution is -2.30. The van der Waals surface area contributed by atoms with Gasteiger partial charge in [-0.1, -0.05) is 111 Å². The van der Waals surface area contributed by atoms with Crippen molar-refractivity contribution in [1.29, 1.82) is 0 Å². The minimum atomic E-state index is -0.331. The smallest absolute Gasteiger partial charge is 0.135 e. The molecule has 0 spiro atoms. The Morgan fingerprint density at radius 2 is 0.943 bits per heavy atom. The highest BCUT2D eigenvalue weighted by Gasteiger charge is 2.22. The van der Waals surface area contributed by atoms with Crippen molar-refractivity contribution in [2.75, 3.05) is 20.8 Å². The third-order valence-electron chi connectivity index (χ3n) is 8.57. The number of methoxy groups -OCH3 is 2. The molecule has 6 rings (SSSR count). The lowest BCUT2D eigenvalue weighted by molar-refractivity contribution is 0.0907. The summed E-state index contributed by atoms with van der Waals surface area (Å²) in [5.74, 6) is 9.46. The van der Waals surface area contributed by atoms with Gasteiger partial charge in [-0.2, -0.15) is 0 Å². The average Bonchev–Trinajstić information content (AvgIpc) is 3.21. The normalized spacial score (nSPS) is 11.0. The highest BCUT2D eigenvalue weighted by Crippen LogP contribution is 2.36. The van der Waals surface area contributed by atoms with Crippen LogP contribution in [-0.2, 0) is 0 Å². The molecule has 264 valence electrons. The highest BCUT2D eigenvalue weighted by atomic mass is 16.5. The molecular weight excluding hydrogens is 657 g/mol. The van der Waals surface area contributed by atoms with Crippen LogP contribution in [0.15, 0.2) is 168 Å². The maximum atomic E-state index is 6.87. The van der Waals surface area contributed by atoms with Crippen molar-refractivity contribution < 1.29 is 18.9 Å². The van der Waals surface area contributed by atoms with E-state index in [4.69, 9.17) is 28.9 Å². The van der Waals surface area contributed by atoms with E-state index < -0.39 is 0 Å².